The Labute approximate surface area is 97.4 Å². The van der Waals surface area contributed by atoms with Gasteiger partial charge in [-0.3, -0.25) is 4.79 Å². The second-order valence-electron chi connectivity index (χ2n) is 3.50. The summed E-state index contributed by atoms with van der Waals surface area (Å²) in [6.45, 7) is 4.80. The lowest BCUT2D eigenvalue weighted by Gasteiger charge is -2.15. The lowest BCUT2D eigenvalue weighted by Crippen LogP contribution is -2.36. The Morgan fingerprint density at radius 3 is 2.81 bits per heavy atom. The first-order valence-electron chi connectivity index (χ1n) is 5.38. The maximum Gasteiger partial charge on any atom is 0.326 e. The highest BCUT2D eigenvalue weighted by Gasteiger charge is 2.17. The molecule has 1 amide bonds. The maximum absolute atomic E-state index is 10.7. The average molecular weight is 249 g/mol. The largest absolute Gasteiger partial charge is 0.480 e. The highest BCUT2D eigenvalue weighted by molar-refractivity contribution is 7.51. The normalized spacial score (nSPS) is 14.1. The molecule has 2 unspecified atom stereocenters. The molecule has 0 aliphatic rings. The molecule has 0 heterocycles. The molecule has 0 spiro atoms. The molecule has 2 atom stereocenters. The number of aliphatic carboxylic acids is 1. The van der Waals surface area contributed by atoms with Crippen LogP contribution in [0.2, 0.25) is 0 Å². The Kier molecular flexibility index (Phi) is 9.15. The fourth-order valence-electron chi connectivity index (χ4n) is 1.10. The summed E-state index contributed by atoms with van der Waals surface area (Å²) in [5.41, 5.74) is 0. The lowest BCUT2D eigenvalue weighted by atomic mass is 10.2. The third-order valence-electron chi connectivity index (χ3n) is 2.11. The van der Waals surface area contributed by atoms with E-state index in [0.717, 1.165) is 19.4 Å². The number of carboxylic acid groups (broad SMARTS) is 1. The van der Waals surface area contributed by atoms with Crippen LogP contribution in [0.5, 0.6) is 0 Å². The van der Waals surface area contributed by atoms with Crippen molar-refractivity contribution in [2.24, 2.45) is 0 Å². The molecule has 6 heteroatoms. The van der Waals surface area contributed by atoms with Crippen LogP contribution in [0.1, 0.15) is 26.2 Å². The van der Waals surface area contributed by atoms with Crippen molar-refractivity contribution in [3.05, 3.63) is 0 Å². The first-order valence-corrected chi connectivity index (χ1v) is 7.27. The van der Waals surface area contributed by atoms with Gasteiger partial charge in [-0.15, -0.1) is 0 Å². The zero-order chi connectivity index (χ0) is 12.4. The molecular weight excluding hydrogens is 229 g/mol. The fourth-order valence-corrected chi connectivity index (χ4v) is 2.29. The molecule has 2 N–H and O–H groups in total. The third kappa shape index (κ3) is 7.60. The number of unbranched alkanes of at least 4 members (excludes halogenated alkanes) is 1. The average Bonchev–Trinajstić information content (AvgIpc) is 2.24. The molecule has 0 fully saturated rings. The molecule has 0 saturated heterocycles. The third-order valence-corrected chi connectivity index (χ3v) is 3.62. The van der Waals surface area contributed by atoms with E-state index in [4.69, 9.17) is 9.63 Å². The second-order valence-corrected chi connectivity index (χ2v) is 5.46. The molecule has 94 valence electrons. The number of carboxylic acids is 1. The summed E-state index contributed by atoms with van der Waals surface area (Å²) in [6, 6.07) is -0.794. The Morgan fingerprint density at radius 1 is 1.62 bits per heavy atom. The Hall–Kier alpha value is -0.670. The lowest BCUT2D eigenvalue weighted by molar-refractivity contribution is -0.140. The van der Waals surface area contributed by atoms with Crippen LogP contribution < -0.4 is 5.32 Å². The minimum absolute atomic E-state index is 0.419. The number of amides is 1. The molecule has 0 aromatic carbocycles. The van der Waals surface area contributed by atoms with Gasteiger partial charge in [-0.25, -0.2) is 4.79 Å². The molecule has 5 nitrogen and oxygen atoms in total. The van der Waals surface area contributed by atoms with Gasteiger partial charge in [-0.1, -0.05) is 13.3 Å². The van der Waals surface area contributed by atoms with Crippen molar-refractivity contribution in [1.82, 2.24) is 5.32 Å². The van der Waals surface area contributed by atoms with E-state index in [1.165, 1.54) is 0 Å². The van der Waals surface area contributed by atoms with Crippen molar-refractivity contribution in [3.63, 3.8) is 0 Å². The van der Waals surface area contributed by atoms with E-state index in [2.05, 4.69) is 12.2 Å². The van der Waals surface area contributed by atoms with Crippen LogP contribution in [0.4, 0.5) is 0 Å². The topological polar surface area (TPSA) is 75.6 Å². The van der Waals surface area contributed by atoms with Crippen LogP contribution in [0.25, 0.3) is 0 Å². The van der Waals surface area contributed by atoms with Crippen LogP contribution in [-0.2, 0) is 14.1 Å². The van der Waals surface area contributed by atoms with Gasteiger partial charge in [0.1, 0.15) is 6.04 Å². The van der Waals surface area contributed by atoms with Gasteiger partial charge in [0.15, 0.2) is 0 Å². The summed E-state index contributed by atoms with van der Waals surface area (Å²) in [6.07, 6.45) is 3.66. The number of nitrogens with one attached hydrogen (secondary N) is 1. The minimum Gasteiger partial charge on any atom is -0.480 e. The Balaban J connectivity index is 3.73. The van der Waals surface area contributed by atoms with Crippen molar-refractivity contribution >= 4 is 20.5 Å². The quantitative estimate of drug-likeness (QED) is 0.349. The SMILES string of the molecule is CCCCOP(C)CCC(NC=O)C(=O)O. The van der Waals surface area contributed by atoms with E-state index in [9.17, 15) is 9.59 Å². The molecule has 0 saturated carbocycles. The number of hydrogen-bond donors (Lipinski definition) is 2. The molecule has 0 aromatic rings. The van der Waals surface area contributed by atoms with Crippen LogP contribution in [0.3, 0.4) is 0 Å². The summed E-state index contributed by atoms with van der Waals surface area (Å²) in [5, 5.41) is 11.1. The summed E-state index contributed by atoms with van der Waals surface area (Å²) in [7, 11) is -0.579. The Bertz CT molecular complexity index is 213. The number of carbonyl (C=O) groups excluding carboxylic acids is 1. The Morgan fingerprint density at radius 2 is 2.31 bits per heavy atom. The fraction of sp³-hybridized carbons (Fsp3) is 0.800. The van der Waals surface area contributed by atoms with Gasteiger partial charge in [-0.05, 0) is 25.7 Å². The smallest absolute Gasteiger partial charge is 0.326 e. The molecular formula is C10H20NO4P. The number of hydrogen-bond acceptors (Lipinski definition) is 3. The second kappa shape index (κ2) is 9.55. The molecule has 0 bridgehead atoms. The van der Waals surface area contributed by atoms with Crippen LogP contribution in [-0.4, -0.2) is 43.0 Å². The van der Waals surface area contributed by atoms with Crippen molar-refractivity contribution in [2.75, 3.05) is 19.4 Å². The first-order chi connectivity index (χ1) is 7.61. The van der Waals surface area contributed by atoms with Crippen LogP contribution in [0.15, 0.2) is 0 Å². The number of carbonyl (C=O) groups is 2. The van der Waals surface area contributed by atoms with Gasteiger partial charge in [0.2, 0.25) is 6.41 Å². The van der Waals surface area contributed by atoms with E-state index in [1.54, 1.807) is 0 Å². The summed E-state index contributed by atoms with van der Waals surface area (Å²) in [5.74, 6) is -0.996. The highest BCUT2D eigenvalue weighted by atomic mass is 31.1. The molecule has 0 rings (SSSR count). The van der Waals surface area contributed by atoms with Crippen molar-refractivity contribution in [2.45, 2.75) is 32.2 Å². The van der Waals surface area contributed by atoms with Gasteiger partial charge in [0.05, 0.1) is 6.61 Å². The summed E-state index contributed by atoms with van der Waals surface area (Å²) in [4.78, 5) is 20.9. The first kappa shape index (κ1) is 15.3. The van der Waals surface area contributed by atoms with Crippen molar-refractivity contribution < 1.29 is 19.2 Å². The molecule has 16 heavy (non-hydrogen) atoms. The molecule has 0 aromatic heterocycles. The zero-order valence-corrected chi connectivity index (χ0v) is 10.7. The van der Waals surface area contributed by atoms with Crippen molar-refractivity contribution in [3.8, 4) is 0 Å². The van der Waals surface area contributed by atoms with Gasteiger partial charge < -0.3 is 14.9 Å². The summed E-state index contributed by atoms with van der Waals surface area (Å²) >= 11 is 0. The predicted octanol–water partition coefficient (Wildman–Crippen LogP) is 1.42. The monoisotopic (exact) mass is 249 g/mol. The molecule has 0 aliphatic heterocycles. The maximum atomic E-state index is 10.7. The van der Waals surface area contributed by atoms with Gasteiger partial charge in [-0.2, -0.15) is 0 Å². The van der Waals surface area contributed by atoms with Gasteiger partial charge in [0, 0.05) is 8.15 Å². The molecule has 0 aliphatic carbocycles. The van der Waals surface area contributed by atoms with E-state index in [1.807, 2.05) is 6.66 Å². The van der Waals surface area contributed by atoms with Gasteiger partial charge in [0.25, 0.3) is 0 Å². The van der Waals surface area contributed by atoms with Gasteiger partial charge >= 0.3 is 5.97 Å². The predicted molar refractivity (Wildman–Crippen MR) is 63.8 cm³/mol. The van der Waals surface area contributed by atoms with E-state index in [0.29, 0.717) is 19.0 Å². The van der Waals surface area contributed by atoms with E-state index < -0.39 is 20.2 Å². The highest BCUT2D eigenvalue weighted by Crippen LogP contribution is 2.33. The summed E-state index contributed by atoms with van der Waals surface area (Å²) < 4.78 is 5.55. The van der Waals surface area contributed by atoms with E-state index >= 15 is 0 Å². The van der Waals surface area contributed by atoms with E-state index in [-0.39, 0.29) is 0 Å². The standard InChI is InChI=1S/C10H20NO4P/c1-3-4-6-15-16(2)7-5-9(10(13)14)11-8-12/h8-9H,3-7H2,1-2H3,(H,11,12)(H,13,14). The molecule has 0 radical (unpaired) electrons. The minimum atomic E-state index is -0.996. The van der Waals surface area contributed by atoms with Crippen molar-refractivity contribution in [1.29, 1.82) is 0 Å². The zero-order valence-electron chi connectivity index (χ0n) is 9.81. The van der Waals surface area contributed by atoms with Crippen LogP contribution in [0, 0.1) is 0 Å². The van der Waals surface area contributed by atoms with Crippen LogP contribution >= 0.6 is 8.15 Å². The number of rotatable bonds is 10.